The largest absolute Gasteiger partial charge is 0.317 e. The molecule has 1 fully saturated rings. The van der Waals surface area contributed by atoms with Crippen LogP contribution in [-0.2, 0) is 16.4 Å². The second kappa shape index (κ2) is 8.17. The smallest absolute Gasteiger partial charge is 0.240 e. The lowest BCUT2D eigenvalue weighted by Gasteiger charge is -2.11. The minimum absolute atomic E-state index is 0.359. The minimum atomic E-state index is -3.37. The van der Waals surface area contributed by atoms with Gasteiger partial charge in [-0.05, 0) is 55.8 Å². The first-order valence-electron chi connectivity index (χ1n) is 7.53. The van der Waals surface area contributed by atoms with Gasteiger partial charge in [-0.15, -0.1) is 0 Å². The monoisotopic (exact) mass is 328 g/mol. The third-order valence-electron chi connectivity index (χ3n) is 3.60. The quantitative estimate of drug-likeness (QED) is 0.717. The molecule has 4 nitrogen and oxygen atoms in total. The third kappa shape index (κ3) is 5.29. The fraction of sp³-hybridized carbons (Fsp3) is 0.600. The van der Waals surface area contributed by atoms with Gasteiger partial charge >= 0.3 is 0 Å². The Hall–Kier alpha value is -0.560. The van der Waals surface area contributed by atoms with E-state index in [0.29, 0.717) is 16.7 Å². The molecule has 1 atom stereocenters. The molecule has 1 aromatic carbocycles. The standard InChI is InChI=1S/C15H24N2O2S2/c1-2-16-10-9-13-5-7-15(8-6-13)21(18,19)17-12-14-4-3-11-20-14/h5-8,14,16-17H,2-4,9-12H2,1H3. The van der Waals surface area contributed by atoms with E-state index in [9.17, 15) is 8.42 Å². The van der Waals surface area contributed by atoms with Crippen molar-refractivity contribution in [3.05, 3.63) is 29.8 Å². The summed E-state index contributed by atoms with van der Waals surface area (Å²) in [7, 11) is -3.37. The van der Waals surface area contributed by atoms with Crippen LogP contribution in [0.1, 0.15) is 25.3 Å². The normalized spacial score (nSPS) is 19.0. The lowest BCUT2D eigenvalue weighted by Crippen LogP contribution is -2.29. The Balaban J connectivity index is 1.89. The molecule has 1 unspecified atom stereocenters. The summed E-state index contributed by atoms with van der Waals surface area (Å²) < 4.78 is 27.2. The Morgan fingerprint density at radius 2 is 2.05 bits per heavy atom. The highest BCUT2D eigenvalue weighted by Gasteiger charge is 2.19. The number of hydrogen-bond donors (Lipinski definition) is 2. The molecular formula is C15H24N2O2S2. The van der Waals surface area contributed by atoms with Crippen molar-refractivity contribution in [3.63, 3.8) is 0 Å². The van der Waals surface area contributed by atoms with Crippen LogP contribution in [0.5, 0.6) is 0 Å². The van der Waals surface area contributed by atoms with Gasteiger partial charge in [-0.2, -0.15) is 11.8 Å². The zero-order valence-corrected chi connectivity index (χ0v) is 14.1. The van der Waals surface area contributed by atoms with Crippen molar-refractivity contribution in [2.45, 2.75) is 36.3 Å². The van der Waals surface area contributed by atoms with E-state index in [-0.39, 0.29) is 0 Å². The summed E-state index contributed by atoms with van der Waals surface area (Å²) in [5.74, 6) is 1.15. The molecule has 0 amide bonds. The summed E-state index contributed by atoms with van der Waals surface area (Å²) in [5, 5.41) is 3.69. The fourth-order valence-electron chi connectivity index (χ4n) is 2.34. The molecule has 1 aromatic rings. The first kappa shape index (κ1) is 16.8. The van der Waals surface area contributed by atoms with E-state index in [1.807, 2.05) is 23.9 Å². The minimum Gasteiger partial charge on any atom is -0.317 e. The molecule has 6 heteroatoms. The Morgan fingerprint density at radius 1 is 1.29 bits per heavy atom. The summed E-state index contributed by atoms with van der Waals surface area (Å²) in [5.41, 5.74) is 1.15. The molecule has 0 aliphatic carbocycles. The predicted octanol–water partition coefficient (Wildman–Crippen LogP) is 2.01. The van der Waals surface area contributed by atoms with Crippen molar-refractivity contribution in [3.8, 4) is 0 Å². The van der Waals surface area contributed by atoms with Gasteiger partial charge in [-0.25, -0.2) is 13.1 Å². The average molecular weight is 329 g/mol. The summed E-state index contributed by atoms with van der Waals surface area (Å²) in [4.78, 5) is 0.359. The topological polar surface area (TPSA) is 58.2 Å². The maximum atomic E-state index is 12.2. The average Bonchev–Trinajstić information content (AvgIpc) is 3.00. The first-order valence-corrected chi connectivity index (χ1v) is 10.1. The fourth-order valence-corrected chi connectivity index (χ4v) is 4.72. The van der Waals surface area contributed by atoms with Crippen LogP contribution >= 0.6 is 11.8 Å². The van der Waals surface area contributed by atoms with Crippen LogP contribution in [0.15, 0.2) is 29.2 Å². The van der Waals surface area contributed by atoms with Gasteiger partial charge in [-0.3, -0.25) is 0 Å². The Bertz CT molecular complexity index is 523. The Kier molecular flexibility index (Phi) is 6.54. The highest BCUT2D eigenvalue weighted by molar-refractivity contribution is 8.00. The van der Waals surface area contributed by atoms with Gasteiger partial charge in [0, 0.05) is 11.8 Å². The van der Waals surface area contributed by atoms with E-state index in [0.717, 1.165) is 37.2 Å². The van der Waals surface area contributed by atoms with Crippen LogP contribution in [0, 0.1) is 0 Å². The number of nitrogens with one attached hydrogen (secondary N) is 2. The van der Waals surface area contributed by atoms with Crippen molar-refractivity contribution >= 4 is 21.8 Å². The zero-order valence-electron chi connectivity index (χ0n) is 12.5. The second-order valence-electron chi connectivity index (χ2n) is 5.23. The van der Waals surface area contributed by atoms with Crippen molar-refractivity contribution in [1.82, 2.24) is 10.0 Å². The molecule has 0 bridgehead atoms. The molecule has 2 N–H and O–H groups in total. The molecule has 1 aliphatic rings. The van der Waals surface area contributed by atoms with Crippen LogP contribution in [0.2, 0.25) is 0 Å². The van der Waals surface area contributed by atoms with Crippen molar-refractivity contribution in [1.29, 1.82) is 0 Å². The molecule has 0 aromatic heterocycles. The first-order chi connectivity index (χ1) is 10.1. The number of benzene rings is 1. The van der Waals surface area contributed by atoms with E-state index < -0.39 is 10.0 Å². The highest BCUT2D eigenvalue weighted by atomic mass is 32.2. The molecule has 118 valence electrons. The van der Waals surface area contributed by atoms with Gasteiger partial charge in [0.1, 0.15) is 0 Å². The maximum Gasteiger partial charge on any atom is 0.240 e. The van der Waals surface area contributed by atoms with Gasteiger partial charge in [0.15, 0.2) is 0 Å². The van der Waals surface area contributed by atoms with Crippen LogP contribution in [0.25, 0.3) is 0 Å². The van der Waals surface area contributed by atoms with E-state index in [2.05, 4.69) is 17.0 Å². The van der Waals surface area contributed by atoms with Gasteiger partial charge < -0.3 is 5.32 Å². The van der Waals surface area contributed by atoms with E-state index >= 15 is 0 Å². The number of hydrogen-bond acceptors (Lipinski definition) is 4. The lowest BCUT2D eigenvalue weighted by atomic mass is 10.1. The van der Waals surface area contributed by atoms with Crippen molar-refractivity contribution in [2.75, 3.05) is 25.4 Å². The summed E-state index contributed by atoms with van der Waals surface area (Å²) in [6.45, 7) is 4.48. The molecule has 2 rings (SSSR count). The molecule has 0 spiro atoms. The van der Waals surface area contributed by atoms with Crippen LogP contribution in [-0.4, -0.2) is 39.1 Å². The number of thioether (sulfide) groups is 1. The molecular weight excluding hydrogens is 304 g/mol. The Labute approximate surface area is 132 Å². The van der Waals surface area contributed by atoms with E-state index in [1.54, 1.807) is 12.1 Å². The SMILES string of the molecule is CCNCCc1ccc(S(=O)(=O)NCC2CCCS2)cc1. The molecule has 1 saturated heterocycles. The summed E-state index contributed by atoms with van der Waals surface area (Å²) >= 11 is 1.86. The molecule has 1 heterocycles. The van der Waals surface area contributed by atoms with Gasteiger partial charge in [0.25, 0.3) is 0 Å². The van der Waals surface area contributed by atoms with E-state index in [4.69, 9.17) is 0 Å². The van der Waals surface area contributed by atoms with Crippen LogP contribution in [0.4, 0.5) is 0 Å². The highest BCUT2D eigenvalue weighted by Crippen LogP contribution is 2.25. The lowest BCUT2D eigenvalue weighted by molar-refractivity contribution is 0.579. The van der Waals surface area contributed by atoms with Gasteiger partial charge in [-0.1, -0.05) is 19.1 Å². The second-order valence-corrected chi connectivity index (χ2v) is 8.41. The van der Waals surface area contributed by atoms with Crippen LogP contribution in [0.3, 0.4) is 0 Å². The molecule has 21 heavy (non-hydrogen) atoms. The molecule has 0 radical (unpaired) electrons. The number of sulfonamides is 1. The maximum absolute atomic E-state index is 12.2. The van der Waals surface area contributed by atoms with Crippen molar-refractivity contribution in [2.24, 2.45) is 0 Å². The van der Waals surface area contributed by atoms with Gasteiger partial charge in [0.2, 0.25) is 10.0 Å². The molecule has 0 saturated carbocycles. The third-order valence-corrected chi connectivity index (χ3v) is 6.44. The van der Waals surface area contributed by atoms with Gasteiger partial charge in [0.05, 0.1) is 4.90 Å². The van der Waals surface area contributed by atoms with Crippen molar-refractivity contribution < 1.29 is 8.42 Å². The number of likely N-dealkylation sites (N-methyl/N-ethyl adjacent to an activating group) is 1. The van der Waals surface area contributed by atoms with E-state index in [1.165, 1.54) is 6.42 Å². The predicted molar refractivity (Wildman–Crippen MR) is 89.4 cm³/mol. The number of rotatable bonds is 8. The van der Waals surface area contributed by atoms with Crippen LogP contribution < -0.4 is 10.0 Å². The molecule has 1 aliphatic heterocycles. The summed E-state index contributed by atoms with van der Waals surface area (Å²) in [6, 6.07) is 7.20. The Morgan fingerprint density at radius 3 is 2.67 bits per heavy atom. The zero-order chi connectivity index (χ0) is 15.1. The summed E-state index contributed by atoms with van der Waals surface area (Å²) in [6.07, 6.45) is 3.22.